The van der Waals surface area contributed by atoms with Crippen molar-refractivity contribution in [2.75, 3.05) is 24.5 Å². The molecule has 3 aliphatic rings. The molecule has 176 valence electrons. The van der Waals surface area contributed by atoms with Gasteiger partial charge >= 0.3 is 0 Å². The van der Waals surface area contributed by atoms with Gasteiger partial charge in [-0.3, -0.25) is 9.69 Å². The van der Waals surface area contributed by atoms with Crippen molar-refractivity contribution in [3.05, 3.63) is 64.7 Å². The van der Waals surface area contributed by atoms with Gasteiger partial charge in [0.1, 0.15) is 0 Å². The normalized spacial score (nSPS) is 23.3. The Morgan fingerprint density at radius 2 is 1.79 bits per heavy atom. The van der Waals surface area contributed by atoms with Crippen LogP contribution in [-0.2, 0) is 0 Å². The Bertz CT molecular complexity index is 1010. The summed E-state index contributed by atoms with van der Waals surface area (Å²) >= 11 is 0. The molecule has 2 heterocycles. The molecular formula is C29H39N3O. The van der Waals surface area contributed by atoms with Crippen LogP contribution in [0.5, 0.6) is 0 Å². The highest BCUT2D eigenvalue weighted by Gasteiger charge is 2.50. The van der Waals surface area contributed by atoms with Gasteiger partial charge in [0.2, 0.25) is 5.91 Å². The summed E-state index contributed by atoms with van der Waals surface area (Å²) in [5.74, 6) is 0.236. The Hall–Kier alpha value is -2.33. The lowest BCUT2D eigenvalue weighted by Crippen LogP contribution is -2.55. The van der Waals surface area contributed by atoms with Crippen molar-refractivity contribution in [2.24, 2.45) is 11.1 Å². The summed E-state index contributed by atoms with van der Waals surface area (Å²) in [7, 11) is 0. The minimum Gasteiger partial charge on any atom is -0.371 e. The topological polar surface area (TPSA) is 49.6 Å². The zero-order chi connectivity index (χ0) is 23.2. The van der Waals surface area contributed by atoms with E-state index in [0.29, 0.717) is 22.9 Å². The van der Waals surface area contributed by atoms with Gasteiger partial charge in [-0.05, 0) is 98.2 Å². The van der Waals surface area contributed by atoms with Crippen LogP contribution in [0.3, 0.4) is 0 Å². The molecule has 1 atom stereocenters. The number of hydrogen-bond acceptors (Lipinski definition) is 3. The summed E-state index contributed by atoms with van der Waals surface area (Å²) in [5, 5.41) is 0. The molecule has 4 heteroatoms. The Morgan fingerprint density at radius 3 is 2.45 bits per heavy atom. The van der Waals surface area contributed by atoms with Crippen LogP contribution in [-0.4, -0.2) is 36.5 Å². The number of rotatable bonds is 5. The number of primary amides is 1. The molecule has 1 amide bonds. The average Bonchev–Trinajstić information content (AvgIpc) is 3.27. The molecule has 2 saturated heterocycles. The summed E-state index contributed by atoms with van der Waals surface area (Å²) in [5.41, 5.74) is 12.1. The molecule has 33 heavy (non-hydrogen) atoms. The SMILES string of the molecule is Cc1cc(C(N)=O)ccc1N1CCC2(CC1)CC(N1CCCC1c1ccccc1C(C)C)C2. The Kier molecular flexibility index (Phi) is 5.98. The number of aryl methyl sites for hydroxylation is 1. The number of benzene rings is 2. The van der Waals surface area contributed by atoms with Gasteiger partial charge in [-0.15, -0.1) is 0 Å². The zero-order valence-electron chi connectivity index (χ0n) is 20.5. The van der Waals surface area contributed by atoms with Crippen molar-refractivity contribution < 1.29 is 4.79 Å². The fourth-order valence-electron chi connectivity index (χ4n) is 6.87. The van der Waals surface area contributed by atoms with Gasteiger partial charge in [0.05, 0.1) is 0 Å². The average molecular weight is 446 g/mol. The predicted octanol–water partition coefficient (Wildman–Crippen LogP) is 5.80. The summed E-state index contributed by atoms with van der Waals surface area (Å²) in [4.78, 5) is 16.8. The summed E-state index contributed by atoms with van der Waals surface area (Å²) in [6.07, 6.45) is 7.92. The van der Waals surface area contributed by atoms with E-state index in [1.165, 1.54) is 56.3 Å². The van der Waals surface area contributed by atoms with E-state index in [-0.39, 0.29) is 5.91 Å². The second-order valence-electron chi connectivity index (χ2n) is 11.1. The van der Waals surface area contributed by atoms with E-state index in [2.05, 4.69) is 60.9 Å². The van der Waals surface area contributed by atoms with Crippen LogP contribution in [0.15, 0.2) is 42.5 Å². The number of nitrogens with zero attached hydrogens (tertiary/aromatic N) is 2. The summed E-state index contributed by atoms with van der Waals surface area (Å²) < 4.78 is 0. The van der Waals surface area contributed by atoms with Crippen molar-refractivity contribution >= 4 is 11.6 Å². The molecular weight excluding hydrogens is 406 g/mol. The number of carbonyl (C=O) groups excluding carboxylic acids is 1. The predicted molar refractivity (Wildman–Crippen MR) is 136 cm³/mol. The van der Waals surface area contributed by atoms with Gasteiger partial charge in [-0.25, -0.2) is 0 Å². The molecule has 4 nitrogen and oxygen atoms in total. The summed E-state index contributed by atoms with van der Waals surface area (Å²) in [6, 6.07) is 16.4. The fourth-order valence-corrected chi connectivity index (χ4v) is 6.87. The molecule has 2 N–H and O–H groups in total. The van der Waals surface area contributed by atoms with E-state index in [1.54, 1.807) is 5.56 Å². The minimum atomic E-state index is -0.348. The van der Waals surface area contributed by atoms with Crippen molar-refractivity contribution in [1.29, 1.82) is 0 Å². The molecule has 3 fully saturated rings. The van der Waals surface area contributed by atoms with Crippen molar-refractivity contribution in [3.8, 4) is 0 Å². The maximum atomic E-state index is 11.5. The number of carbonyl (C=O) groups is 1. The van der Waals surface area contributed by atoms with Gasteiger partial charge in [0.15, 0.2) is 0 Å². The van der Waals surface area contributed by atoms with E-state index < -0.39 is 0 Å². The van der Waals surface area contributed by atoms with Gasteiger partial charge in [-0.1, -0.05) is 38.1 Å². The number of anilines is 1. The molecule has 5 rings (SSSR count). The standard InChI is InChI=1S/C29H39N3O/c1-20(2)24-7-4-5-8-25(24)27-9-6-14-32(27)23-18-29(19-23)12-15-31(16-13-29)26-11-10-22(28(30)33)17-21(26)3/h4-5,7-8,10-11,17,20,23,27H,6,9,12-16,18-19H2,1-3H3,(H2,30,33). The van der Waals surface area contributed by atoms with Crippen LogP contribution in [0.1, 0.15) is 91.4 Å². The molecule has 2 aromatic carbocycles. The zero-order valence-corrected chi connectivity index (χ0v) is 20.5. The van der Waals surface area contributed by atoms with Crippen LogP contribution in [0.2, 0.25) is 0 Å². The monoisotopic (exact) mass is 445 g/mol. The molecule has 1 unspecified atom stereocenters. The molecule has 2 aliphatic heterocycles. The minimum absolute atomic E-state index is 0.348. The van der Waals surface area contributed by atoms with Crippen molar-refractivity contribution in [1.82, 2.24) is 4.90 Å². The number of piperidine rings is 1. The first-order valence-electron chi connectivity index (χ1n) is 12.9. The molecule has 0 aromatic heterocycles. The third kappa shape index (κ3) is 4.19. The quantitative estimate of drug-likeness (QED) is 0.632. The maximum absolute atomic E-state index is 11.5. The lowest BCUT2D eigenvalue weighted by molar-refractivity contribution is -0.0228. The lowest BCUT2D eigenvalue weighted by atomic mass is 9.59. The first kappa shape index (κ1) is 22.5. The molecule has 0 radical (unpaired) electrons. The number of hydrogen-bond donors (Lipinski definition) is 1. The molecule has 1 saturated carbocycles. The van der Waals surface area contributed by atoms with Gasteiger partial charge in [0.25, 0.3) is 0 Å². The third-order valence-corrected chi connectivity index (χ3v) is 8.72. The molecule has 2 aromatic rings. The van der Waals surface area contributed by atoms with Crippen LogP contribution in [0.4, 0.5) is 5.69 Å². The van der Waals surface area contributed by atoms with Crippen LogP contribution in [0.25, 0.3) is 0 Å². The van der Waals surface area contributed by atoms with Crippen LogP contribution >= 0.6 is 0 Å². The second kappa shape index (κ2) is 8.79. The highest BCUT2D eigenvalue weighted by molar-refractivity contribution is 5.93. The van der Waals surface area contributed by atoms with E-state index in [0.717, 1.165) is 24.7 Å². The van der Waals surface area contributed by atoms with E-state index >= 15 is 0 Å². The van der Waals surface area contributed by atoms with Crippen molar-refractivity contribution in [3.63, 3.8) is 0 Å². The first-order valence-corrected chi connectivity index (χ1v) is 12.9. The first-order chi connectivity index (χ1) is 15.9. The van der Waals surface area contributed by atoms with E-state index in [1.807, 2.05) is 12.1 Å². The van der Waals surface area contributed by atoms with Gasteiger partial charge in [0, 0.05) is 36.4 Å². The van der Waals surface area contributed by atoms with Crippen LogP contribution < -0.4 is 10.6 Å². The molecule has 1 spiro atoms. The van der Waals surface area contributed by atoms with Crippen LogP contribution in [0, 0.1) is 12.3 Å². The Labute approximate surface area is 199 Å². The van der Waals surface area contributed by atoms with E-state index in [9.17, 15) is 4.79 Å². The highest BCUT2D eigenvalue weighted by atomic mass is 16.1. The Balaban J connectivity index is 1.22. The largest absolute Gasteiger partial charge is 0.371 e. The Morgan fingerprint density at radius 1 is 1.06 bits per heavy atom. The number of nitrogens with two attached hydrogens (primary N) is 1. The summed E-state index contributed by atoms with van der Waals surface area (Å²) in [6.45, 7) is 10.2. The molecule has 0 bridgehead atoms. The fraction of sp³-hybridized carbons (Fsp3) is 0.552. The van der Waals surface area contributed by atoms with Gasteiger partial charge in [-0.2, -0.15) is 0 Å². The number of amides is 1. The van der Waals surface area contributed by atoms with E-state index in [4.69, 9.17) is 5.73 Å². The lowest BCUT2D eigenvalue weighted by Gasteiger charge is -2.56. The number of likely N-dealkylation sites (tertiary alicyclic amines) is 1. The van der Waals surface area contributed by atoms with Crippen molar-refractivity contribution in [2.45, 2.75) is 77.3 Å². The smallest absolute Gasteiger partial charge is 0.248 e. The molecule has 1 aliphatic carbocycles. The third-order valence-electron chi connectivity index (χ3n) is 8.72. The van der Waals surface area contributed by atoms with Gasteiger partial charge < -0.3 is 10.6 Å². The maximum Gasteiger partial charge on any atom is 0.248 e. The second-order valence-corrected chi connectivity index (χ2v) is 11.1. The highest BCUT2D eigenvalue weighted by Crippen LogP contribution is 2.54.